The van der Waals surface area contributed by atoms with E-state index in [9.17, 15) is 12.8 Å². The van der Waals surface area contributed by atoms with Crippen molar-refractivity contribution >= 4 is 38.6 Å². The Hall–Kier alpha value is -3.86. The molecule has 4 N–H and O–H groups in total. The van der Waals surface area contributed by atoms with Crippen LogP contribution in [0.5, 0.6) is 5.75 Å². The van der Waals surface area contributed by atoms with Gasteiger partial charge in [0.25, 0.3) is 0 Å². The van der Waals surface area contributed by atoms with Crippen LogP contribution in [-0.4, -0.2) is 39.9 Å². The van der Waals surface area contributed by atoms with E-state index in [4.69, 9.17) is 26.2 Å². The second-order valence-electron chi connectivity index (χ2n) is 9.15. The van der Waals surface area contributed by atoms with Gasteiger partial charge in [0.1, 0.15) is 45.4 Å². The molecule has 8 nitrogen and oxygen atoms in total. The Labute approximate surface area is 237 Å². The molecule has 4 aromatic rings. The molecule has 0 aliphatic rings. The van der Waals surface area contributed by atoms with Crippen LogP contribution in [0.3, 0.4) is 0 Å². The normalized spacial score (nSPS) is 11.3. The topological polar surface area (TPSA) is 116 Å². The van der Waals surface area contributed by atoms with Crippen LogP contribution in [0.25, 0.3) is 11.3 Å². The first-order chi connectivity index (χ1) is 19.1. The summed E-state index contributed by atoms with van der Waals surface area (Å²) in [7, 11) is -1.25. The average molecular weight is 585 g/mol. The van der Waals surface area contributed by atoms with E-state index in [2.05, 4.69) is 16.0 Å². The minimum Gasteiger partial charge on any atom is -0.487 e. The van der Waals surface area contributed by atoms with Crippen LogP contribution in [-0.2, 0) is 23.0 Å². The molecule has 0 fully saturated rings. The van der Waals surface area contributed by atoms with Crippen LogP contribution < -0.4 is 20.7 Å². The molecule has 0 amide bonds. The lowest BCUT2D eigenvalue weighted by atomic mass is 10.1. The highest BCUT2D eigenvalue weighted by atomic mass is 35.5. The van der Waals surface area contributed by atoms with Gasteiger partial charge < -0.3 is 25.1 Å². The third kappa shape index (κ3) is 8.08. The van der Waals surface area contributed by atoms with E-state index in [1.807, 2.05) is 30.3 Å². The summed E-state index contributed by atoms with van der Waals surface area (Å²) < 4.78 is 47.7. The minimum atomic E-state index is -3.03. The van der Waals surface area contributed by atoms with Gasteiger partial charge in [0.05, 0.1) is 17.3 Å². The number of anilines is 2. The predicted octanol–water partition coefficient (Wildman–Crippen LogP) is 5.93. The van der Waals surface area contributed by atoms with Gasteiger partial charge in [0.2, 0.25) is 0 Å². The molecule has 1 heterocycles. The van der Waals surface area contributed by atoms with Gasteiger partial charge in [-0.15, -0.1) is 0 Å². The second-order valence-corrected chi connectivity index (χ2v) is 11.8. The lowest BCUT2D eigenvalue weighted by Gasteiger charge is -2.15. The first-order valence-electron chi connectivity index (χ1n) is 12.4. The standard InChI is InChI=1S/C29H30ClFN4O4S/c1-33-26-9-6-20(27-11-8-23(39-27)17-34-12-13-40(2,36)37)15-24(26)29(32)35-22-7-10-28(25(30)16-22)38-18-19-4-3-5-21(31)14-19/h3-11,14-16,33-34H,12-13,17-18H2,1-2H3,(H2,32,35). The lowest BCUT2D eigenvalue weighted by Crippen LogP contribution is -2.21. The third-order valence-electron chi connectivity index (χ3n) is 5.94. The Morgan fingerprint density at radius 2 is 1.90 bits per heavy atom. The molecule has 0 spiro atoms. The van der Waals surface area contributed by atoms with Crippen molar-refractivity contribution < 1.29 is 22.0 Å². The largest absolute Gasteiger partial charge is 0.487 e. The maximum atomic E-state index is 13.4. The fourth-order valence-electron chi connectivity index (χ4n) is 3.91. The maximum absolute atomic E-state index is 13.4. The van der Waals surface area contributed by atoms with Crippen molar-refractivity contribution in [3.63, 3.8) is 0 Å². The SMILES string of the molecule is CNc1ccc(-c2ccc(CNCCS(C)(=O)=O)o2)cc1C(=N)Nc1ccc(OCc2cccc(F)c2)c(Cl)c1. The van der Waals surface area contributed by atoms with E-state index in [0.717, 1.165) is 11.3 Å². The van der Waals surface area contributed by atoms with Gasteiger partial charge in [-0.1, -0.05) is 23.7 Å². The molecule has 11 heteroatoms. The molecule has 3 aromatic carbocycles. The highest BCUT2D eigenvalue weighted by Gasteiger charge is 2.14. The Bertz CT molecular complexity index is 1610. The van der Waals surface area contributed by atoms with Crippen molar-refractivity contribution in [1.82, 2.24) is 5.32 Å². The number of rotatable bonds is 12. The number of benzene rings is 3. The molecule has 1 aromatic heterocycles. The summed E-state index contributed by atoms with van der Waals surface area (Å²) >= 11 is 6.42. The Balaban J connectivity index is 1.42. The van der Waals surface area contributed by atoms with Gasteiger partial charge in [-0.2, -0.15) is 0 Å². The molecule has 0 saturated heterocycles. The molecule has 0 aliphatic heterocycles. The molecule has 4 rings (SSSR count). The smallest absolute Gasteiger partial charge is 0.148 e. The summed E-state index contributed by atoms with van der Waals surface area (Å²) in [6.07, 6.45) is 1.20. The van der Waals surface area contributed by atoms with E-state index in [1.54, 1.807) is 37.4 Å². The van der Waals surface area contributed by atoms with Gasteiger partial charge in [-0.05, 0) is 66.2 Å². The van der Waals surface area contributed by atoms with Crippen LogP contribution in [0.4, 0.5) is 15.8 Å². The number of hydrogen-bond donors (Lipinski definition) is 4. The monoisotopic (exact) mass is 584 g/mol. The molecular formula is C29H30ClFN4O4S. The molecule has 0 bridgehead atoms. The summed E-state index contributed by atoms with van der Waals surface area (Å²) in [5, 5.41) is 18.3. The molecule has 0 saturated carbocycles. The van der Waals surface area contributed by atoms with E-state index in [-0.39, 0.29) is 24.0 Å². The molecule has 0 atom stereocenters. The van der Waals surface area contributed by atoms with Crippen LogP contribution in [0.15, 0.2) is 77.2 Å². The van der Waals surface area contributed by atoms with Gasteiger partial charge in [-0.25, -0.2) is 12.8 Å². The number of furan rings is 1. The van der Waals surface area contributed by atoms with Crippen LogP contribution >= 0.6 is 11.6 Å². The third-order valence-corrected chi connectivity index (χ3v) is 7.18. The first-order valence-corrected chi connectivity index (χ1v) is 14.9. The minimum absolute atomic E-state index is 0.0559. The van der Waals surface area contributed by atoms with Gasteiger partial charge in [0.15, 0.2) is 0 Å². The highest BCUT2D eigenvalue weighted by Crippen LogP contribution is 2.30. The molecule has 0 unspecified atom stereocenters. The zero-order valence-electron chi connectivity index (χ0n) is 22.1. The van der Waals surface area contributed by atoms with Crippen molar-refractivity contribution in [2.24, 2.45) is 0 Å². The zero-order valence-corrected chi connectivity index (χ0v) is 23.6. The van der Waals surface area contributed by atoms with E-state index in [1.165, 1.54) is 18.4 Å². The van der Waals surface area contributed by atoms with E-state index < -0.39 is 9.84 Å². The molecule has 210 valence electrons. The fourth-order valence-corrected chi connectivity index (χ4v) is 4.66. The molecule has 40 heavy (non-hydrogen) atoms. The fraction of sp³-hybridized carbons (Fsp3) is 0.207. The Morgan fingerprint density at radius 1 is 1.07 bits per heavy atom. The average Bonchev–Trinajstić information content (AvgIpc) is 3.39. The summed E-state index contributed by atoms with van der Waals surface area (Å²) in [5.74, 6) is 1.61. The first kappa shape index (κ1) is 29.1. The number of amidine groups is 1. The Kier molecular flexibility index (Phi) is 9.46. The summed E-state index contributed by atoms with van der Waals surface area (Å²) in [6.45, 7) is 0.906. The van der Waals surface area contributed by atoms with E-state index >= 15 is 0 Å². The summed E-state index contributed by atoms with van der Waals surface area (Å²) in [6, 6.07) is 20.5. The predicted molar refractivity (Wildman–Crippen MR) is 158 cm³/mol. The van der Waals surface area contributed by atoms with Gasteiger partial charge in [-0.3, -0.25) is 5.41 Å². The van der Waals surface area contributed by atoms with Gasteiger partial charge in [0, 0.05) is 42.3 Å². The summed E-state index contributed by atoms with van der Waals surface area (Å²) in [5.41, 5.74) is 3.43. The number of hydrogen-bond acceptors (Lipinski definition) is 7. The van der Waals surface area contributed by atoms with Crippen molar-refractivity contribution in [2.75, 3.05) is 36.2 Å². The van der Waals surface area contributed by atoms with Crippen molar-refractivity contribution in [2.45, 2.75) is 13.2 Å². The van der Waals surface area contributed by atoms with Crippen LogP contribution in [0, 0.1) is 11.2 Å². The summed E-state index contributed by atoms with van der Waals surface area (Å²) in [4.78, 5) is 0. The van der Waals surface area contributed by atoms with Crippen LogP contribution in [0.1, 0.15) is 16.9 Å². The Morgan fingerprint density at radius 3 is 2.62 bits per heavy atom. The maximum Gasteiger partial charge on any atom is 0.148 e. The van der Waals surface area contributed by atoms with Gasteiger partial charge >= 0.3 is 0 Å². The lowest BCUT2D eigenvalue weighted by molar-refractivity contribution is 0.306. The second kappa shape index (κ2) is 13.0. The molecule has 0 aliphatic carbocycles. The molecular weight excluding hydrogens is 555 g/mol. The van der Waals surface area contributed by atoms with Crippen molar-refractivity contribution in [1.29, 1.82) is 5.41 Å². The highest BCUT2D eigenvalue weighted by molar-refractivity contribution is 7.90. The number of nitrogens with one attached hydrogen (secondary N) is 4. The van der Waals surface area contributed by atoms with Crippen molar-refractivity contribution in [3.05, 3.63) is 101 Å². The number of sulfone groups is 1. The number of halogens is 2. The zero-order chi connectivity index (χ0) is 28.7. The van der Waals surface area contributed by atoms with Crippen molar-refractivity contribution in [3.8, 4) is 17.1 Å². The van der Waals surface area contributed by atoms with Crippen LogP contribution in [0.2, 0.25) is 5.02 Å². The molecule has 0 radical (unpaired) electrons. The quantitative estimate of drug-likeness (QED) is 0.0926. The number of ether oxygens (including phenoxy) is 1. The van der Waals surface area contributed by atoms with E-state index in [0.29, 0.717) is 52.2 Å².